The number of anilines is 1. The first-order valence-corrected chi connectivity index (χ1v) is 6.54. The molecule has 1 aromatic carbocycles. The van der Waals surface area contributed by atoms with Gasteiger partial charge >= 0.3 is 0 Å². The quantitative estimate of drug-likeness (QED) is 0.879. The second-order valence-corrected chi connectivity index (χ2v) is 5.20. The topological polar surface area (TPSA) is 72.9 Å². The zero-order chi connectivity index (χ0) is 13.2. The van der Waals surface area contributed by atoms with E-state index < -0.39 is 0 Å². The van der Waals surface area contributed by atoms with E-state index in [9.17, 15) is 0 Å². The maximum absolute atomic E-state index is 5.82. The summed E-state index contributed by atoms with van der Waals surface area (Å²) in [6.45, 7) is 0.945. The van der Waals surface area contributed by atoms with E-state index in [-0.39, 0.29) is 0 Å². The van der Waals surface area contributed by atoms with E-state index in [0.717, 1.165) is 31.0 Å². The summed E-state index contributed by atoms with van der Waals surface area (Å²) in [5.74, 6) is 1.42. The van der Waals surface area contributed by atoms with Gasteiger partial charge in [-0.15, -0.1) is 0 Å². The molecule has 6 nitrogen and oxygen atoms in total. The molecule has 6 heteroatoms. The molecule has 1 aromatic heterocycles. The molecule has 1 fully saturated rings. The lowest BCUT2D eigenvalue weighted by atomic mass is 9.81. The van der Waals surface area contributed by atoms with E-state index in [4.69, 9.17) is 5.73 Å². The van der Waals surface area contributed by atoms with Crippen molar-refractivity contribution >= 4 is 5.95 Å². The molecule has 100 valence electrons. The highest BCUT2D eigenvalue weighted by molar-refractivity contribution is 5.39. The maximum atomic E-state index is 5.82. The summed E-state index contributed by atoms with van der Waals surface area (Å²) >= 11 is 0. The van der Waals surface area contributed by atoms with E-state index >= 15 is 0 Å². The molecule has 0 unspecified atom stereocenters. The summed E-state index contributed by atoms with van der Waals surface area (Å²) in [5.41, 5.74) is 6.79. The number of nitrogens with zero attached hydrogens (tertiary/aromatic N) is 5. The van der Waals surface area contributed by atoms with Gasteiger partial charge in [-0.3, -0.25) is 0 Å². The van der Waals surface area contributed by atoms with Crippen molar-refractivity contribution < 1.29 is 0 Å². The van der Waals surface area contributed by atoms with Crippen molar-refractivity contribution in [2.45, 2.75) is 18.9 Å². The second kappa shape index (κ2) is 4.97. The Balaban J connectivity index is 1.76. The van der Waals surface area contributed by atoms with Crippen molar-refractivity contribution in [3.05, 3.63) is 30.3 Å². The van der Waals surface area contributed by atoms with Crippen molar-refractivity contribution in [2.75, 3.05) is 18.5 Å². The largest absolute Gasteiger partial charge is 0.342 e. The van der Waals surface area contributed by atoms with E-state index in [2.05, 4.69) is 20.4 Å². The van der Waals surface area contributed by atoms with Crippen molar-refractivity contribution in [1.82, 2.24) is 20.2 Å². The molecular formula is C13H18N6. The van der Waals surface area contributed by atoms with Crippen LogP contribution in [-0.4, -0.2) is 39.8 Å². The fourth-order valence-corrected chi connectivity index (χ4v) is 2.56. The van der Waals surface area contributed by atoms with Gasteiger partial charge in [0, 0.05) is 19.6 Å². The highest BCUT2D eigenvalue weighted by Crippen LogP contribution is 2.27. The van der Waals surface area contributed by atoms with Gasteiger partial charge in [-0.1, -0.05) is 23.3 Å². The minimum absolute atomic E-state index is 0.378. The molecule has 2 aromatic rings. The SMILES string of the molecule is CN(CC1CC(N)C1)c1nnnn1-c1ccccc1. The van der Waals surface area contributed by atoms with Crippen LogP contribution in [0.5, 0.6) is 0 Å². The van der Waals surface area contributed by atoms with E-state index in [1.165, 1.54) is 0 Å². The minimum Gasteiger partial charge on any atom is -0.342 e. The molecule has 3 rings (SSSR count). The lowest BCUT2D eigenvalue weighted by molar-refractivity contribution is 0.270. The molecular weight excluding hydrogens is 240 g/mol. The van der Waals surface area contributed by atoms with Gasteiger partial charge in [-0.05, 0) is 41.3 Å². The number of hydrogen-bond donors (Lipinski definition) is 1. The number of nitrogens with two attached hydrogens (primary N) is 1. The molecule has 0 saturated heterocycles. The summed E-state index contributed by atoms with van der Waals surface area (Å²) in [4.78, 5) is 2.10. The average molecular weight is 258 g/mol. The fourth-order valence-electron chi connectivity index (χ4n) is 2.56. The third-order valence-electron chi connectivity index (χ3n) is 3.60. The zero-order valence-electron chi connectivity index (χ0n) is 11.0. The van der Waals surface area contributed by atoms with Crippen LogP contribution in [0, 0.1) is 5.92 Å². The number of benzene rings is 1. The molecule has 2 N–H and O–H groups in total. The Kier molecular flexibility index (Phi) is 3.16. The smallest absolute Gasteiger partial charge is 0.250 e. The summed E-state index contributed by atoms with van der Waals surface area (Å²) in [6, 6.07) is 10.3. The molecule has 0 amide bonds. The third-order valence-corrected chi connectivity index (χ3v) is 3.60. The summed E-state index contributed by atoms with van der Waals surface area (Å²) < 4.78 is 1.76. The molecule has 1 heterocycles. The molecule has 1 saturated carbocycles. The van der Waals surface area contributed by atoms with E-state index in [1.807, 2.05) is 37.4 Å². The number of aromatic nitrogens is 4. The first-order chi connectivity index (χ1) is 9.24. The summed E-state index contributed by atoms with van der Waals surface area (Å²) in [5, 5.41) is 12.0. The van der Waals surface area contributed by atoms with Gasteiger partial charge in [-0.25, -0.2) is 0 Å². The summed E-state index contributed by atoms with van der Waals surface area (Å²) in [6.07, 6.45) is 2.19. The van der Waals surface area contributed by atoms with Crippen molar-refractivity contribution in [3.63, 3.8) is 0 Å². The second-order valence-electron chi connectivity index (χ2n) is 5.20. The number of para-hydroxylation sites is 1. The molecule has 0 spiro atoms. The van der Waals surface area contributed by atoms with Gasteiger partial charge in [0.05, 0.1) is 5.69 Å². The lowest BCUT2D eigenvalue weighted by Crippen LogP contribution is -2.42. The Labute approximate surface area is 112 Å². The van der Waals surface area contributed by atoms with Crippen LogP contribution in [0.15, 0.2) is 30.3 Å². The van der Waals surface area contributed by atoms with Gasteiger partial charge in [0.15, 0.2) is 0 Å². The normalized spacial score (nSPS) is 22.0. The highest BCUT2D eigenvalue weighted by Gasteiger charge is 2.28. The number of tetrazole rings is 1. The predicted octanol–water partition coefficient (Wildman–Crippen LogP) is 0.836. The van der Waals surface area contributed by atoms with Gasteiger partial charge in [0.25, 0.3) is 0 Å². The van der Waals surface area contributed by atoms with Crippen molar-refractivity contribution in [1.29, 1.82) is 0 Å². The van der Waals surface area contributed by atoms with Crippen LogP contribution in [0.25, 0.3) is 5.69 Å². The minimum atomic E-state index is 0.378. The Hall–Kier alpha value is -1.95. The summed E-state index contributed by atoms with van der Waals surface area (Å²) in [7, 11) is 2.02. The van der Waals surface area contributed by atoms with Crippen LogP contribution < -0.4 is 10.6 Å². The van der Waals surface area contributed by atoms with Gasteiger partial charge < -0.3 is 10.6 Å². The van der Waals surface area contributed by atoms with E-state index in [1.54, 1.807) is 4.68 Å². The molecule has 19 heavy (non-hydrogen) atoms. The number of rotatable bonds is 4. The first kappa shape index (κ1) is 12.1. The average Bonchev–Trinajstić information content (AvgIpc) is 2.87. The van der Waals surface area contributed by atoms with Crippen LogP contribution in [0.4, 0.5) is 5.95 Å². The third kappa shape index (κ3) is 2.44. The maximum Gasteiger partial charge on any atom is 0.250 e. The molecule has 0 aliphatic heterocycles. The Morgan fingerprint density at radius 1 is 1.32 bits per heavy atom. The van der Waals surface area contributed by atoms with Gasteiger partial charge in [0.2, 0.25) is 5.95 Å². The monoisotopic (exact) mass is 258 g/mol. The first-order valence-electron chi connectivity index (χ1n) is 6.54. The molecule has 1 aliphatic carbocycles. The highest BCUT2D eigenvalue weighted by atomic mass is 15.6. The standard InChI is InChI=1S/C13H18N6/c1-18(9-10-7-11(14)8-10)13-15-16-17-19(13)12-5-3-2-4-6-12/h2-6,10-11H,7-9,14H2,1H3. The van der Waals surface area contributed by atoms with Gasteiger partial charge in [-0.2, -0.15) is 4.68 Å². The van der Waals surface area contributed by atoms with Crippen LogP contribution in [-0.2, 0) is 0 Å². The lowest BCUT2D eigenvalue weighted by Gasteiger charge is -2.35. The van der Waals surface area contributed by atoms with E-state index in [0.29, 0.717) is 12.0 Å². The van der Waals surface area contributed by atoms with Crippen LogP contribution >= 0.6 is 0 Å². The molecule has 0 bridgehead atoms. The Morgan fingerprint density at radius 2 is 2.05 bits per heavy atom. The van der Waals surface area contributed by atoms with Gasteiger partial charge in [0.1, 0.15) is 0 Å². The molecule has 0 radical (unpaired) electrons. The molecule has 0 atom stereocenters. The predicted molar refractivity (Wildman–Crippen MR) is 73.1 cm³/mol. The molecule has 1 aliphatic rings. The fraction of sp³-hybridized carbons (Fsp3) is 0.462. The van der Waals surface area contributed by atoms with Crippen LogP contribution in [0.1, 0.15) is 12.8 Å². The Morgan fingerprint density at radius 3 is 2.74 bits per heavy atom. The van der Waals surface area contributed by atoms with Crippen LogP contribution in [0.3, 0.4) is 0 Å². The van der Waals surface area contributed by atoms with Crippen molar-refractivity contribution in [3.8, 4) is 5.69 Å². The van der Waals surface area contributed by atoms with Crippen molar-refractivity contribution in [2.24, 2.45) is 11.7 Å². The Bertz CT molecular complexity index is 531. The zero-order valence-corrected chi connectivity index (χ0v) is 11.0. The number of hydrogen-bond acceptors (Lipinski definition) is 5. The van der Waals surface area contributed by atoms with Crippen LogP contribution in [0.2, 0.25) is 0 Å².